The van der Waals surface area contributed by atoms with Crippen molar-refractivity contribution >= 4 is 33.1 Å². The summed E-state index contributed by atoms with van der Waals surface area (Å²) in [6.45, 7) is 0. The van der Waals surface area contributed by atoms with E-state index >= 15 is 0 Å². The molecule has 4 rings (SSSR count). The monoisotopic (exact) mass is 358 g/mol. The highest BCUT2D eigenvalue weighted by molar-refractivity contribution is 7.21. The van der Waals surface area contributed by atoms with Gasteiger partial charge in [-0.3, -0.25) is 5.10 Å². The summed E-state index contributed by atoms with van der Waals surface area (Å²) in [5.74, 6) is -0.167. The van der Waals surface area contributed by atoms with Crippen molar-refractivity contribution < 1.29 is 13.5 Å². The average molecular weight is 358 g/mol. The fourth-order valence-electron chi connectivity index (χ4n) is 2.51. The van der Waals surface area contributed by atoms with Crippen molar-refractivity contribution in [2.45, 2.75) is 0 Å². The number of H-pyrrole nitrogens is 1. The summed E-state index contributed by atoms with van der Waals surface area (Å²) in [6.07, 6.45) is 1.59. The third-order valence-electron chi connectivity index (χ3n) is 3.66. The van der Waals surface area contributed by atoms with E-state index in [0.717, 1.165) is 0 Å². The van der Waals surface area contributed by atoms with Gasteiger partial charge in [0.1, 0.15) is 16.6 Å². The SMILES string of the molecule is COc1cc2sc(-c3c(F)cccc3Nc3ccn[nH]3)nc2cc1F. The zero-order valence-electron chi connectivity index (χ0n) is 13.0. The first-order valence-corrected chi connectivity index (χ1v) is 8.16. The van der Waals surface area contributed by atoms with Crippen LogP contribution in [0.2, 0.25) is 0 Å². The number of methoxy groups -OCH3 is 1. The lowest BCUT2D eigenvalue weighted by atomic mass is 10.1. The van der Waals surface area contributed by atoms with Gasteiger partial charge < -0.3 is 10.1 Å². The van der Waals surface area contributed by atoms with Crippen molar-refractivity contribution in [2.24, 2.45) is 0 Å². The highest BCUT2D eigenvalue weighted by atomic mass is 32.1. The first-order valence-electron chi connectivity index (χ1n) is 7.35. The van der Waals surface area contributed by atoms with E-state index in [1.54, 1.807) is 30.5 Å². The van der Waals surface area contributed by atoms with Crippen molar-refractivity contribution in [3.63, 3.8) is 0 Å². The Balaban J connectivity index is 1.85. The van der Waals surface area contributed by atoms with Crippen molar-refractivity contribution in [3.05, 3.63) is 54.2 Å². The normalized spacial score (nSPS) is 11.0. The number of aromatic nitrogens is 3. The summed E-state index contributed by atoms with van der Waals surface area (Å²) in [4.78, 5) is 4.39. The molecule has 0 radical (unpaired) electrons. The first kappa shape index (κ1) is 15.5. The summed E-state index contributed by atoms with van der Waals surface area (Å²) in [5, 5.41) is 10.2. The number of nitrogens with zero attached hydrogens (tertiary/aromatic N) is 2. The number of hydrogen-bond donors (Lipinski definition) is 2. The molecule has 2 aromatic heterocycles. The van der Waals surface area contributed by atoms with E-state index in [1.165, 1.54) is 30.6 Å². The Morgan fingerprint density at radius 3 is 2.80 bits per heavy atom. The van der Waals surface area contributed by atoms with Crippen LogP contribution in [0.1, 0.15) is 0 Å². The largest absolute Gasteiger partial charge is 0.494 e. The lowest BCUT2D eigenvalue weighted by molar-refractivity contribution is 0.387. The summed E-state index contributed by atoms with van der Waals surface area (Å²) in [6, 6.07) is 9.29. The summed E-state index contributed by atoms with van der Waals surface area (Å²) >= 11 is 1.27. The number of ether oxygens (including phenoxy) is 1. The van der Waals surface area contributed by atoms with Crippen molar-refractivity contribution in [1.29, 1.82) is 0 Å². The van der Waals surface area contributed by atoms with Crippen LogP contribution in [-0.4, -0.2) is 22.3 Å². The number of fused-ring (bicyclic) bond motifs is 1. The second-order valence-electron chi connectivity index (χ2n) is 5.23. The number of nitrogens with one attached hydrogen (secondary N) is 2. The van der Waals surface area contributed by atoms with Gasteiger partial charge in [0, 0.05) is 18.2 Å². The van der Waals surface area contributed by atoms with Gasteiger partial charge in [0.25, 0.3) is 0 Å². The van der Waals surface area contributed by atoms with Gasteiger partial charge in [-0.05, 0) is 12.1 Å². The lowest BCUT2D eigenvalue weighted by Crippen LogP contribution is -1.96. The molecule has 0 atom stereocenters. The van der Waals surface area contributed by atoms with E-state index in [-0.39, 0.29) is 5.75 Å². The minimum absolute atomic E-state index is 0.132. The Kier molecular flexibility index (Phi) is 3.81. The molecule has 0 amide bonds. The van der Waals surface area contributed by atoms with Crippen LogP contribution < -0.4 is 10.1 Å². The van der Waals surface area contributed by atoms with Crippen LogP contribution in [0.3, 0.4) is 0 Å². The lowest BCUT2D eigenvalue weighted by Gasteiger charge is -2.09. The maximum absolute atomic E-state index is 14.5. The van der Waals surface area contributed by atoms with E-state index in [1.807, 2.05) is 0 Å². The number of rotatable bonds is 4. The molecule has 0 saturated carbocycles. The molecule has 0 saturated heterocycles. The van der Waals surface area contributed by atoms with Crippen LogP contribution in [0.25, 0.3) is 20.8 Å². The summed E-state index contributed by atoms with van der Waals surface area (Å²) in [7, 11) is 1.40. The van der Waals surface area contributed by atoms with Gasteiger partial charge in [0.2, 0.25) is 0 Å². The number of benzene rings is 2. The smallest absolute Gasteiger partial charge is 0.167 e. The quantitative estimate of drug-likeness (QED) is 0.554. The zero-order chi connectivity index (χ0) is 17.4. The van der Waals surface area contributed by atoms with Crippen LogP contribution >= 0.6 is 11.3 Å². The topological polar surface area (TPSA) is 62.8 Å². The van der Waals surface area contributed by atoms with E-state index in [4.69, 9.17) is 4.74 Å². The fourth-order valence-corrected chi connectivity index (χ4v) is 3.55. The molecule has 2 N–H and O–H groups in total. The van der Waals surface area contributed by atoms with Gasteiger partial charge in [-0.1, -0.05) is 6.07 Å². The Hall–Kier alpha value is -3.00. The van der Waals surface area contributed by atoms with Gasteiger partial charge in [0.05, 0.1) is 34.8 Å². The molecule has 126 valence electrons. The van der Waals surface area contributed by atoms with Crippen LogP contribution in [0.15, 0.2) is 42.6 Å². The summed E-state index contributed by atoms with van der Waals surface area (Å²) in [5.41, 5.74) is 1.31. The summed E-state index contributed by atoms with van der Waals surface area (Å²) < 4.78 is 34.1. The number of hydrogen-bond acceptors (Lipinski definition) is 5. The average Bonchev–Trinajstić information content (AvgIpc) is 3.23. The van der Waals surface area contributed by atoms with Crippen molar-refractivity contribution in [2.75, 3.05) is 12.4 Å². The molecule has 4 aromatic rings. The molecule has 5 nitrogen and oxygen atoms in total. The van der Waals surface area contributed by atoms with Gasteiger partial charge in [0.15, 0.2) is 11.6 Å². The number of thiazole rings is 1. The van der Waals surface area contributed by atoms with Gasteiger partial charge >= 0.3 is 0 Å². The van der Waals surface area contributed by atoms with Gasteiger partial charge in [-0.2, -0.15) is 5.10 Å². The molecule has 2 heterocycles. The predicted octanol–water partition coefficient (Wildman–Crippen LogP) is 4.72. The molecule has 0 spiro atoms. The number of aromatic amines is 1. The zero-order valence-corrected chi connectivity index (χ0v) is 13.8. The third kappa shape index (κ3) is 2.80. The highest BCUT2D eigenvalue weighted by Crippen LogP contribution is 2.38. The fraction of sp³-hybridized carbons (Fsp3) is 0.0588. The van der Waals surface area contributed by atoms with E-state index in [2.05, 4.69) is 20.5 Å². The second kappa shape index (κ2) is 6.14. The molecule has 0 aliphatic heterocycles. The Bertz CT molecular complexity index is 1050. The molecule has 0 unspecified atom stereocenters. The van der Waals surface area contributed by atoms with Gasteiger partial charge in [-0.25, -0.2) is 13.8 Å². The first-order chi connectivity index (χ1) is 12.2. The van der Waals surface area contributed by atoms with E-state index in [9.17, 15) is 8.78 Å². The van der Waals surface area contributed by atoms with E-state index < -0.39 is 11.6 Å². The molecular weight excluding hydrogens is 346 g/mol. The minimum Gasteiger partial charge on any atom is -0.494 e. The molecule has 0 aliphatic rings. The molecule has 0 bridgehead atoms. The maximum atomic E-state index is 14.5. The van der Waals surface area contributed by atoms with Gasteiger partial charge in [-0.15, -0.1) is 11.3 Å². The molecule has 0 fully saturated rings. The van der Waals surface area contributed by atoms with Crippen molar-refractivity contribution in [1.82, 2.24) is 15.2 Å². The Morgan fingerprint density at radius 1 is 1.16 bits per heavy atom. The van der Waals surface area contributed by atoms with Crippen LogP contribution in [0, 0.1) is 11.6 Å². The molecule has 25 heavy (non-hydrogen) atoms. The Morgan fingerprint density at radius 2 is 2.04 bits per heavy atom. The number of halogens is 2. The van der Waals surface area contributed by atoms with Crippen LogP contribution in [0.5, 0.6) is 5.75 Å². The molecule has 2 aromatic carbocycles. The third-order valence-corrected chi connectivity index (χ3v) is 4.70. The molecule has 0 aliphatic carbocycles. The Labute approximate surface area is 145 Å². The van der Waals surface area contributed by atoms with E-state index in [0.29, 0.717) is 32.3 Å². The second-order valence-corrected chi connectivity index (χ2v) is 6.26. The molecule has 8 heteroatoms. The van der Waals surface area contributed by atoms with Crippen LogP contribution in [0.4, 0.5) is 20.3 Å². The minimum atomic E-state index is -0.504. The van der Waals surface area contributed by atoms with Crippen molar-refractivity contribution in [3.8, 4) is 16.3 Å². The maximum Gasteiger partial charge on any atom is 0.167 e. The van der Waals surface area contributed by atoms with Crippen LogP contribution in [-0.2, 0) is 0 Å². The highest BCUT2D eigenvalue weighted by Gasteiger charge is 2.17. The molecular formula is C17H12F2N4OS. The predicted molar refractivity (Wildman–Crippen MR) is 93.4 cm³/mol. The standard InChI is InChI=1S/C17H12F2N4OS/c1-24-13-8-14-12(7-10(13)19)22-17(25-14)16-9(18)3-2-4-11(16)21-15-5-6-20-23-15/h2-8H,1H3,(H2,20,21,23). The number of anilines is 2.